The van der Waals surface area contributed by atoms with E-state index in [9.17, 15) is 0 Å². The van der Waals surface area contributed by atoms with Crippen molar-refractivity contribution in [2.75, 3.05) is 9.80 Å². The lowest BCUT2D eigenvalue weighted by molar-refractivity contribution is 1.26. The molecular formula is C38H32N2. The number of nitrogens with zero attached hydrogens (tertiary/aromatic N) is 2. The first-order valence-corrected chi connectivity index (χ1v) is 13.7. The highest BCUT2D eigenvalue weighted by Gasteiger charge is 2.17. The summed E-state index contributed by atoms with van der Waals surface area (Å²) in [5.41, 5.74) is 11.8. The van der Waals surface area contributed by atoms with Gasteiger partial charge in [-0.3, -0.25) is 0 Å². The quantitative estimate of drug-likeness (QED) is 0.208. The predicted molar refractivity (Wildman–Crippen MR) is 171 cm³/mol. The number of benzene rings is 6. The van der Waals surface area contributed by atoms with Gasteiger partial charge < -0.3 is 9.80 Å². The summed E-state index contributed by atoms with van der Waals surface area (Å²) in [6, 6.07) is 55.8. The number of para-hydroxylation sites is 4. The molecule has 194 valence electrons. The second-order valence-corrected chi connectivity index (χ2v) is 10.0. The maximum atomic E-state index is 2.32. The summed E-state index contributed by atoms with van der Waals surface area (Å²) in [7, 11) is 0. The van der Waals surface area contributed by atoms with Gasteiger partial charge in [-0.1, -0.05) is 84.9 Å². The third-order valence-electron chi connectivity index (χ3n) is 7.30. The molecule has 6 rings (SSSR count). The van der Waals surface area contributed by atoms with Crippen molar-refractivity contribution in [3.05, 3.63) is 169 Å². The lowest BCUT2D eigenvalue weighted by atomic mass is 9.95. The Balaban J connectivity index is 1.44. The Hall–Kier alpha value is -5.08. The van der Waals surface area contributed by atoms with Gasteiger partial charge in [-0.2, -0.15) is 0 Å². The van der Waals surface area contributed by atoms with Crippen LogP contribution in [0.1, 0.15) is 11.1 Å². The van der Waals surface area contributed by atoms with Crippen molar-refractivity contribution in [1.82, 2.24) is 0 Å². The van der Waals surface area contributed by atoms with Crippen molar-refractivity contribution in [2.45, 2.75) is 13.8 Å². The summed E-state index contributed by atoms with van der Waals surface area (Å²) in [5.74, 6) is 0. The van der Waals surface area contributed by atoms with E-state index in [1.54, 1.807) is 0 Å². The van der Waals surface area contributed by atoms with Gasteiger partial charge in [0, 0.05) is 34.1 Å². The Labute approximate surface area is 237 Å². The minimum Gasteiger partial charge on any atom is -0.310 e. The lowest BCUT2D eigenvalue weighted by Crippen LogP contribution is -2.10. The van der Waals surface area contributed by atoms with Crippen molar-refractivity contribution in [3.8, 4) is 11.1 Å². The molecule has 6 aromatic rings. The Bertz CT molecular complexity index is 1620. The van der Waals surface area contributed by atoms with Gasteiger partial charge in [-0.05, 0) is 109 Å². The van der Waals surface area contributed by atoms with Crippen LogP contribution in [-0.2, 0) is 0 Å². The third kappa shape index (κ3) is 5.12. The summed E-state index contributed by atoms with van der Waals surface area (Å²) >= 11 is 0. The van der Waals surface area contributed by atoms with E-state index in [1.807, 2.05) is 0 Å². The fourth-order valence-corrected chi connectivity index (χ4v) is 5.33. The van der Waals surface area contributed by atoms with E-state index in [1.165, 1.54) is 22.3 Å². The summed E-state index contributed by atoms with van der Waals surface area (Å²) in [5, 5.41) is 0. The molecule has 0 saturated carbocycles. The normalized spacial score (nSPS) is 10.8. The fraction of sp³-hybridized carbons (Fsp3) is 0.0526. The van der Waals surface area contributed by atoms with Crippen molar-refractivity contribution < 1.29 is 0 Å². The molecule has 0 saturated heterocycles. The van der Waals surface area contributed by atoms with E-state index in [0.29, 0.717) is 0 Å². The summed E-state index contributed by atoms with van der Waals surface area (Å²) < 4.78 is 0. The van der Waals surface area contributed by atoms with Crippen LogP contribution in [0.5, 0.6) is 0 Å². The predicted octanol–water partition coefficient (Wildman–Crippen LogP) is 10.9. The average molecular weight is 517 g/mol. The summed E-state index contributed by atoms with van der Waals surface area (Å²) in [6.45, 7) is 4.41. The van der Waals surface area contributed by atoms with Crippen molar-refractivity contribution >= 4 is 34.1 Å². The van der Waals surface area contributed by atoms with E-state index in [-0.39, 0.29) is 0 Å². The van der Waals surface area contributed by atoms with Crippen molar-refractivity contribution in [3.63, 3.8) is 0 Å². The Morgan fingerprint density at radius 2 is 0.675 bits per heavy atom. The number of aryl methyl sites for hydroxylation is 2. The first-order valence-electron chi connectivity index (χ1n) is 13.7. The van der Waals surface area contributed by atoms with Gasteiger partial charge in [0.05, 0.1) is 0 Å². The topological polar surface area (TPSA) is 6.48 Å². The van der Waals surface area contributed by atoms with Crippen LogP contribution in [0.3, 0.4) is 0 Å². The molecule has 2 heteroatoms. The summed E-state index contributed by atoms with van der Waals surface area (Å²) in [4.78, 5) is 4.63. The lowest BCUT2D eigenvalue weighted by Gasteiger charge is -2.27. The van der Waals surface area contributed by atoms with Gasteiger partial charge >= 0.3 is 0 Å². The zero-order valence-corrected chi connectivity index (χ0v) is 22.9. The minimum absolute atomic E-state index is 1.14. The molecule has 0 N–H and O–H groups in total. The van der Waals surface area contributed by atoms with Crippen molar-refractivity contribution in [1.29, 1.82) is 0 Å². The highest BCUT2D eigenvalue weighted by Crippen LogP contribution is 2.40. The van der Waals surface area contributed by atoms with Crippen LogP contribution >= 0.6 is 0 Å². The van der Waals surface area contributed by atoms with Crippen LogP contribution in [0, 0.1) is 13.8 Å². The van der Waals surface area contributed by atoms with Crippen LogP contribution in [0.4, 0.5) is 34.1 Å². The molecule has 0 spiro atoms. The van der Waals surface area contributed by atoms with Crippen LogP contribution in [0.25, 0.3) is 11.1 Å². The van der Waals surface area contributed by atoms with E-state index < -0.39 is 0 Å². The third-order valence-corrected chi connectivity index (χ3v) is 7.30. The molecule has 2 nitrogen and oxygen atoms in total. The number of hydrogen-bond acceptors (Lipinski definition) is 2. The second-order valence-electron chi connectivity index (χ2n) is 10.0. The van der Waals surface area contributed by atoms with E-state index in [4.69, 9.17) is 0 Å². The molecular weight excluding hydrogens is 484 g/mol. The standard InChI is InChI=1S/C38H32N2/c1-29-23-24-36(40(33-19-11-5-12-20-33)34-21-13-6-14-22-34)28-38(29)37-26-25-35(27-30(37)2)39(31-15-7-3-8-16-31)32-17-9-4-10-18-32/h3-28H,1-2H3. The van der Waals surface area contributed by atoms with Gasteiger partial charge in [0.25, 0.3) is 0 Å². The minimum atomic E-state index is 1.14. The molecule has 0 heterocycles. The molecule has 0 amide bonds. The largest absolute Gasteiger partial charge is 0.310 e. The molecule has 0 unspecified atom stereocenters. The highest BCUT2D eigenvalue weighted by atomic mass is 15.1. The molecule has 0 aromatic heterocycles. The van der Waals surface area contributed by atoms with Gasteiger partial charge in [0.15, 0.2) is 0 Å². The zero-order chi connectivity index (χ0) is 27.3. The van der Waals surface area contributed by atoms with Gasteiger partial charge in [-0.25, -0.2) is 0 Å². The maximum Gasteiger partial charge on any atom is 0.0467 e. The molecule has 0 atom stereocenters. The van der Waals surface area contributed by atoms with Crippen LogP contribution in [0.2, 0.25) is 0 Å². The number of hydrogen-bond donors (Lipinski definition) is 0. The monoisotopic (exact) mass is 516 g/mol. The first-order chi connectivity index (χ1) is 19.7. The van der Waals surface area contributed by atoms with Gasteiger partial charge in [0.2, 0.25) is 0 Å². The maximum absolute atomic E-state index is 2.32. The first kappa shape index (κ1) is 25.2. The molecule has 0 bridgehead atoms. The van der Waals surface area contributed by atoms with Crippen molar-refractivity contribution in [2.24, 2.45) is 0 Å². The fourth-order valence-electron chi connectivity index (χ4n) is 5.33. The van der Waals surface area contributed by atoms with E-state index in [0.717, 1.165) is 34.1 Å². The molecule has 40 heavy (non-hydrogen) atoms. The number of rotatable bonds is 7. The molecule has 0 aliphatic rings. The second kappa shape index (κ2) is 11.3. The Kier molecular flexibility index (Phi) is 7.15. The Morgan fingerprint density at radius 3 is 1.07 bits per heavy atom. The number of anilines is 6. The van der Waals surface area contributed by atoms with E-state index >= 15 is 0 Å². The van der Waals surface area contributed by atoms with Crippen LogP contribution in [-0.4, -0.2) is 0 Å². The molecule has 6 aromatic carbocycles. The molecule has 0 aliphatic carbocycles. The smallest absolute Gasteiger partial charge is 0.0467 e. The van der Waals surface area contributed by atoms with Gasteiger partial charge in [0.1, 0.15) is 0 Å². The highest BCUT2D eigenvalue weighted by molar-refractivity contribution is 5.84. The molecule has 0 aliphatic heterocycles. The summed E-state index contributed by atoms with van der Waals surface area (Å²) in [6.07, 6.45) is 0. The molecule has 0 radical (unpaired) electrons. The molecule has 0 fully saturated rings. The van der Waals surface area contributed by atoms with Gasteiger partial charge in [-0.15, -0.1) is 0 Å². The SMILES string of the molecule is Cc1cc(N(c2ccccc2)c2ccccc2)ccc1-c1cc(N(c2ccccc2)c2ccccc2)ccc1C. The zero-order valence-electron chi connectivity index (χ0n) is 22.9. The average Bonchev–Trinajstić information content (AvgIpc) is 3.01. The van der Waals surface area contributed by atoms with Crippen LogP contribution in [0.15, 0.2) is 158 Å². The van der Waals surface area contributed by atoms with Crippen LogP contribution < -0.4 is 9.80 Å². The Morgan fingerprint density at radius 1 is 0.300 bits per heavy atom. The van der Waals surface area contributed by atoms with E-state index in [2.05, 4.69) is 181 Å².